The van der Waals surface area contributed by atoms with Gasteiger partial charge in [0.05, 0.1) is 12.5 Å². The summed E-state index contributed by atoms with van der Waals surface area (Å²) >= 11 is 0. The molecule has 1 aromatic carbocycles. The molecule has 0 heterocycles. The van der Waals surface area contributed by atoms with Gasteiger partial charge in [-0.3, -0.25) is 0 Å². The Balaban J connectivity index is 2.66. The van der Waals surface area contributed by atoms with E-state index in [4.69, 9.17) is 11.0 Å². The van der Waals surface area contributed by atoms with Crippen LogP contribution in [0.4, 0.5) is 0 Å². The van der Waals surface area contributed by atoms with Gasteiger partial charge in [-0.1, -0.05) is 24.3 Å². The van der Waals surface area contributed by atoms with Crippen LogP contribution in [0.3, 0.4) is 0 Å². The molecule has 0 bridgehead atoms. The lowest BCUT2D eigenvalue weighted by Crippen LogP contribution is -2.02. The van der Waals surface area contributed by atoms with Crippen LogP contribution in [0.25, 0.3) is 0 Å². The quantitative estimate of drug-likeness (QED) is 0.723. The molecule has 62 valence electrons. The standard InChI is InChI=1S/C10H12N2/c11-7-5-9-1-2-10(4-3-9)6-8-12/h1-4H,5-7,11H2. The summed E-state index contributed by atoms with van der Waals surface area (Å²) in [5.41, 5.74) is 7.71. The minimum absolute atomic E-state index is 0.489. The van der Waals surface area contributed by atoms with Crippen LogP contribution >= 0.6 is 0 Å². The molecule has 12 heavy (non-hydrogen) atoms. The van der Waals surface area contributed by atoms with Crippen molar-refractivity contribution in [3.05, 3.63) is 35.4 Å². The van der Waals surface area contributed by atoms with Crippen molar-refractivity contribution < 1.29 is 0 Å². The fourth-order valence-electron chi connectivity index (χ4n) is 1.08. The van der Waals surface area contributed by atoms with Crippen LogP contribution in [-0.2, 0) is 12.8 Å². The average Bonchev–Trinajstić information content (AvgIpc) is 2.09. The summed E-state index contributed by atoms with van der Waals surface area (Å²) < 4.78 is 0. The molecule has 0 unspecified atom stereocenters. The zero-order valence-corrected chi connectivity index (χ0v) is 6.96. The molecule has 0 aliphatic carbocycles. The maximum absolute atomic E-state index is 8.42. The van der Waals surface area contributed by atoms with Gasteiger partial charge in [0.25, 0.3) is 0 Å². The second-order valence-corrected chi connectivity index (χ2v) is 2.69. The van der Waals surface area contributed by atoms with E-state index >= 15 is 0 Å². The summed E-state index contributed by atoms with van der Waals surface area (Å²) in [5, 5.41) is 8.42. The number of nitriles is 1. The molecule has 0 spiro atoms. The molecule has 0 atom stereocenters. The van der Waals surface area contributed by atoms with E-state index in [0.717, 1.165) is 12.0 Å². The first-order valence-corrected chi connectivity index (χ1v) is 4.01. The molecule has 1 rings (SSSR count). The van der Waals surface area contributed by atoms with Crippen LogP contribution in [0.15, 0.2) is 24.3 Å². The summed E-state index contributed by atoms with van der Waals surface area (Å²) in [6.45, 7) is 0.678. The molecule has 0 amide bonds. The smallest absolute Gasteiger partial charge is 0.0669 e. The van der Waals surface area contributed by atoms with E-state index in [-0.39, 0.29) is 0 Å². The number of benzene rings is 1. The van der Waals surface area contributed by atoms with E-state index in [1.54, 1.807) is 0 Å². The third-order valence-electron chi connectivity index (χ3n) is 1.74. The first-order valence-electron chi connectivity index (χ1n) is 4.01. The Morgan fingerprint density at radius 1 is 1.17 bits per heavy atom. The fourth-order valence-corrected chi connectivity index (χ4v) is 1.08. The van der Waals surface area contributed by atoms with Crippen LogP contribution in [0.5, 0.6) is 0 Å². The highest BCUT2D eigenvalue weighted by atomic mass is 14.5. The summed E-state index contributed by atoms with van der Waals surface area (Å²) in [5.74, 6) is 0. The average molecular weight is 160 g/mol. The molecule has 0 saturated carbocycles. The lowest BCUT2D eigenvalue weighted by atomic mass is 10.1. The molecule has 2 N–H and O–H groups in total. The molecule has 2 heteroatoms. The van der Waals surface area contributed by atoms with Crippen molar-refractivity contribution in [2.24, 2.45) is 5.73 Å². The first-order chi connectivity index (χ1) is 5.86. The zero-order valence-electron chi connectivity index (χ0n) is 6.96. The largest absolute Gasteiger partial charge is 0.330 e. The summed E-state index contributed by atoms with van der Waals surface area (Å²) in [7, 11) is 0. The monoisotopic (exact) mass is 160 g/mol. The van der Waals surface area contributed by atoms with Crippen molar-refractivity contribution in [2.75, 3.05) is 6.54 Å². The second-order valence-electron chi connectivity index (χ2n) is 2.69. The van der Waals surface area contributed by atoms with Crippen molar-refractivity contribution in [3.63, 3.8) is 0 Å². The van der Waals surface area contributed by atoms with Crippen molar-refractivity contribution in [3.8, 4) is 6.07 Å². The molecule has 0 aromatic heterocycles. The predicted octanol–water partition coefficient (Wildman–Crippen LogP) is 1.25. The first kappa shape index (κ1) is 8.76. The normalized spacial score (nSPS) is 9.33. The minimum atomic E-state index is 0.489. The van der Waals surface area contributed by atoms with Gasteiger partial charge in [-0.25, -0.2) is 0 Å². The van der Waals surface area contributed by atoms with Crippen molar-refractivity contribution in [1.29, 1.82) is 5.26 Å². The van der Waals surface area contributed by atoms with Gasteiger partial charge in [0.15, 0.2) is 0 Å². The van der Waals surface area contributed by atoms with Gasteiger partial charge in [-0.15, -0.1) is 0 Å². The number of rotatable bonds is 3. The van der Waals surface area contributed by atoms with E-state index in [2.05, 4.69) is 6.07 Å². The SMILES string of the molecule is N#CCc1ccc(CCN)cc1. The molecular weight excluding hydrogens is 148 g/mol. The molecular formula is C10H12N2. The lowest BCUT2D eigenvalue weighted by Gasteiger charge is -1.98. The second kappa shape index (κ2) is 4.53. The Labute approximate surface area is 72.6 Å². The van der Waals surface area contributed by atoms with E-state index in [1.807, 2.05) is 24.3 Å². The number of hydrogen-bond donors (Lipinski definition) is 1. The Kier molecular flexibility index (Phi) is 3.31. The van der Waals surface area contributed by atoms with Gasteiger partial charge in [-0.2, -0.15) is 5.26 Å². The molecule has 0 aliphatic rings. The highest BCUT2D eigenvalue weighted by molar-refractivity contribution is 5.24. The highest BCUT2D eigenvalue weighted by Crippen LogP contribution is 2.04. The molecule has 0 fully saturated rings. The number of hydrogen-bond acceptors (Lipinski definition) is 2. The highest BCUT2D eigenvalue weighted by Gasteiger charge is 1.92. The maximum atomic E-state index is 8.42. The van der Waals surface area contributed by atoms with Gasteiger partial charge in [0.2, 0.25) is 0 Å². The van der Waals surface area contributed by atoms with Crippen LogP contribution in [0.2, 0.25) is 0 Å². The van der Waals surface area contributed by atoms with Crippen LogP contribution < -0.4 is 5.73 Å². The summed E-state index contributed by atoms with van der Waals surface area (Å²) in [6.07, 6.45) is 1.40. The third kappa shape index (κ3) is 2.37. The van der Waals surface area contributed by atoms with E-state index in [9.17, 15) is 0 Å². The van der Waals surface area contributed by atoms with E-state index in [0.29, 0.717) is 13.0 Å². The lowest BCUT2D eigenvalue weighted by molar-refractivity contribution is 0.967. The van der Waals surface area contributed by atoms with Gasteiger partial charge in [0, 0.05) is 0 Å². The van der Waals surface area contributed by atoms with Crippen LogP contribution in [-0.4, -0.2) is 6.54 Å². The topological polar surface area (TPSA) is 49.8 Å². The maximum Gasteiger partial charge on any atom is 0.0669 e. The molecule has 2 nitrogen and oxygen atoms in total. The van der Waals surface area contributed by atoms with Gasteiger partial charge >= 0.3 is 0 Å². The van der Waals surface area contributed by atoms with Crippen molar-refractivity contribution in [1.82, 2.24) is 0 Å². The predicted molar refractivity (Wildman–Crippen MR) is 48.5 cm³/mol. The summed E-state index contributed by atoms with van der Waals surface area (Å²) in [6, 6.07) is 10.1. The molecule has 0 saturated heterocycles. The van der Waals surface area contributed by atoms with Crippen LogP contribution in [0.1, 0.15) is 11.1 Å². The van der Waals surface area contributed by atoms with Crippen LogP contribution in [0, 0.1) is 11.3 Å². The fraction of sp³-hybridized carbons (Fsp3) is 0.300. The van der Waals surface area contributed by atoms with Gasteiger partial charge in [-0.05, 0) is 24.1 Å². The summed E-state index contributed by atoms with van der Waals surface area (Å²) in [4.78, 5) is 0. The Bertz CT molecular complexity index is 269. The third-order valence-corrected chi connectivity index (χ3v) is 1.74. The van der Waals surface area contributed by atoms with E-state index < -0.39 is 0 Å². The van der Waals surface area contributed by atoms with Gasteiger partial charge < -0.3 is 5.73 Å². The zero-order chi connectivity index (χ0) is 8.81. The Morgan fingerprint density at radius 3 is 2.25 bits per heavy atom. The minimum Gasteiger partial charge on any atom is -0.330 e. The molecule has 0 radical (unpaired) electrons. The number of nitrogens with zero attached hydrogens (tertiary/aromatic N) is 1. The number of nitrogens with two attached hydrogens (primary N) is 1. The Hall–Kier alpha value is -1.33. The van der Waals surface area contributed by atoms with E-state index in [1.165, 1.54) is 5.56 Å². The van der Waals surface area contributed by atoms with Crippen molar-refractivity contribution in [2.45, 2.75) is 12.8 Å². The Morgan fingerprint density at radius 2 is 1.75 bits per heavy atom. The molecule has 1 aromatic rings. The van der Waals surface area contributed by atoms with Gasteiger partial charge in [0.1, 0.15) is 0 Å². The van der Waals surface area contributed by atoms with Crippen molar-refractivity contribution >= 4 is 0 Å². The molecule has 0 aliphatic heterocycles.